The molecule has 24 heavy (non-hydrogen) atoms. The number of benzene rings is 1. The van der Waals surface area contributed by atoms with Crippen LogP contribution < -0.4 is 5.32 Å². The zero-order valence-corrected chi connectivity index (χ0v) is 13.1. The molecule has 1 atom stereocenters. The zero-order valence-electron chi connectivity index (χ0n) is 13.1. The molecule has 1 aromatic rings. The Balaban J connectivity index is 1.93. The first kappa shape index (κ1) is 17.8. The minimum atomic E-state index is -1.12. The fourth-order valence-corrected chi connectivity index (χ4v) is 2.57. The Morgan fingerprint density at radius 3 is 2.42 bits per heavy atom. The van der Waals surface area contributed by atoms with Crippen LogP contribution in [-0.4, -0.2) is 46.9 Å². The fourth-order valence-electron chi connectivity index (χ4n) is 2.57. The Morgan fingerprint density at radius 2 is 1.88 bits per heavy atom. The van der Waals surface area contributed by atoms with E-state index < -0.39 is 35.5 Å². The second-order valence-corrected chi connectivity index (χ2v) is 5.76. The molecule has 2 amide bonds. The van der Waals surface area contributed by atoms with Gasteiger partial charge in [-0.2, -0.15) is 0 Å². The summed E-state index contributed by atoms with van der Waals surface area (Å²) in [5.41, 5.74) is -0.209. The summed E-state index contributed by atoms with van der Waals surface area (Å²) in [5, 5.41) is 11.2. The number of rotatable bonds is 4. The number of carboxylic acid groups (broad SMARTS) is 1. The van der Waals surface area contributed by atoms with E-state index in [2.05, 4.69) is 5.32 Å². The Labute approximate surface area is 137 Å². The maximum atomic E-state index is 13.7. The van der Waals surface area contributed by atoms with Crippen LogP contribution in [0.1, 0.15) is 30.1 Å². The minimum absolute atomic E-state index is 0.209. The fraction of sp³-hybridized carbons (Fsp3) is 0.438. The molecular weight excluding hydrogens is 322 g/mol. The van der Waals surface area contributed by atoms with E-state index in [1.54, 1.807) is 0 Å². The van der Waals surface area contributed by atoms with E-state index in [0.29, 0.717) is 18.9 Å². The SMILES string of the molecule is C[C@H](NC(=O)C1CCN(C(=O)c2ccc(F)cc2F)CC1)C(=O)O. The van der Waals surface area contributed by atoms with Gasteiger partial charge in [0, 0.05) is 25.1 Å². The normalized spacial score (nSPS) is 16.5. The van der Waals surface area contributed by atoms with Crippen LogP contribution in [0.2, 0.25) is 0 Å². The van der Waals surface area contributed by atoms with E-state index in [9.17, 15) is 23.2 Å². The molecule has 1 saturated heterocycles. The Morgan fingerprint density at radius 1 is 1.25 bits per heavy atom. The number of aliphatic carboxylic acids is 1. The first-order valence-electron chi connectivity index (χ1n) is 7.57. The van der Waals surface area contributed by atoms with Crippen LogP contribution in [-0.2, 0) is 9.59 Å². The van der Waals surface area contributed by atoms with Crippen molar-refractivity contribution in [2.45, 2.75) is 25.8 Å². The van der Waals surface area contributed by atoms with Crippen molar-refractivity contribution in [3.8, 4) is 0 Å². The molecule has 0 spiro atoms. The van der Waals surface area contributed by atoms with E-state index in [0.717, 1.165) is 12.1 Å². The molecule has 0 aromatic heterocycles. The average Bonchev–Trinajstić information content (AvgIpc) is 2.54. The van der Waals surface area contributed by atoms with Crippen molar-refractivity contribution in [1.29, 1.82) is 0 Å². The predicted octanol–water partition coefficient (Wildman–Crippen LogP) is 1.41. The third-order valence-electron chi connectivity index (χ3n) is 4.04. The number of carbonyl (C=O) groups is 3. The van der Waals surface area contributed by atoms with Crippen LogP contribution >= 0.6 is 0 Å². The Bertz CT molecular complexity index is 657. The zero-order chi connectivity index (χ0) is 17.9. The standard InChI is InChI=1S/C16H18F2N2O4/c1-9(16(23)24)19-14(21)10-4-6-20(7-5-10)15(22)12-3-2-11(17)8-13(12)18/h2-3,8-10H,4-7H2,1H3,(H,19,21)(H,23,24)/t9-/m0/s1. The number of carboxylic acids is 1. The number of piperidine rings is 1. The van der Waals surface area contributed by atoms with Gasteiger partial charge in [0.25, 0.3) is 5.91 Å². The quantitative estimate of drug-likeness (QED) is 0.868. The molecule has 0 bridgehead atoms. The molecule has 130 valence electrons. The smallest absolute Gasteiger partial charge is 0.325 e. The first-order valence-corrected chi connectivity index (χ1v) is 7.57. The van der Waals surface area contributed by atoms with Gasteiger partial charge in [0.15, 0.2) is 0 Å². The number of carbonyl (C=O) groups excluding carboxylic acids is 2. The number of nitrogens with zero attached hydrogens (tertiary/aromatic N) is 1. The Kier molecular flexibility index (Phi) is 5.48. The third-order valence-corrected chi connectivity index (χ3v) is 4.04. The van der Waals surface area contributed by atoms with Crippen molar-refractivity contribution in [3.05, 3.63) is 35.4 Å². The van der Waals surface area contributed by atoms with Crippen molar-refractivity contribution in [2.75, 3.05) is 13.1 Å². The first-order chi connectivity index (χ1) is 11.3. The third kappa shape index (κ3) is 4.06. The van der Waals surface area contributed by atoms with E-state index in [1.165, 1.54) is 11.8 Å². The molecule has 1 heterocycles. The van der Waals surface area contributed by atoms with Gasteiger partial charge in [-0.05, 0) is 31.9 Å². The molecule has 1 fully saturated rings. The molecule has 1 aromatic carbocycles. The van der Waals surface area contributed by atoms with Crippen molar-refractivity contribution < 1.29 is 28.3 Å². The predicted molar refractivity (Wildman–Crippen MR) is 80.2 cm³/mol. The maximum Gasteiger partial charge on any atom is 0.325 e. The highest BCUT2D eigenvalue weighted by molar-refractivity contribution is 5.94. The van der Waals surface area contributed by atoms with Crippen LogP contribution in [0, 0.1) is 17.6 Å². The molecule has 2 N–H and O–H groups in total. The molecular formula is C16H18F2N2O4. The molecule has 2 rings (SSSR count). The number of amides is 2. The summed E-state index contributed by atoms with van der Waals surface area (Å²) in [4.78, 5) is 36.4. The Hall–Kier alpha value is -2.51. The van der Waals surface area contributed by atoms with Gasteiger partial charge in [-0.25, -0.2) is 8.78 Å². The van der Waals surface area contributed by atoms with Crippen molar-refractivity contribution in [1.82, 2.24) is 10.2 Å². The summed E-state index contributed by atoms with van der Waals surface area (Å²) in [7, 11) is 0. The molecule has 1 aliphatic rings. The monoisotopic (exact) mass is 340 g/mol. The van der Waals surface area contributed by atoms with Gasteiger partial charge in [0.05, 0.1) is 5.56 Å². The molecule has 0 unspecified atom stereocenters. The lowest BCUT2D eigenvalue weighted by molar-refractivity contribution is -0.142. The number of hydrogen-bond donors (Lipinski definition) is 2. The second kappa shape index (κ2) is 7.37. The van der Waals surface area contributed by atoms with Crippen LogP contribution in [0.5, 0.6) is 0 Å². The number of nitrogens with one attached hydrogen (secondary N) is 1. The van der Waals surface area contributed by atoms with Crippen LogP contribution in [0.25, 0.3) is 0 Å². The second-order valence-electron chi connectivity index (χ2n) is 5.76. The van der Waals surface area contributed by atoms with Gasteiger partial charge in [-0.3, -0.25) is 14.4 Å². The van der Waals surface area contributed by atoms with Gasteiger partial charge >= 0.3 is 5.97 Å². The lowest BCUT2D eigenvalue weighted by Gasteiger charge is -2.31. The van der Waals surface area contributed by atoms with Crippen LogP contribution in [0.15, 0.2) is 18.2 Å². The highest BCUT2D eigenvalue weighted by Gasteiger charge is 2.30. The summed E-state index contributed by atoms with van der Waals surface area (Å²) in [6, 6.07) is 1.79. The van der Waals surface area contributed by atoms with E-state index in [-0.39, 0.29) is 24.6 Å². The molecule has 0 radical (unpaired) electrons. The molecule has 1 aliphatic heterocycles. The highest BCUT2D eigenvalue weighted by Crippen LogP contribution is 2.21. The lowest BCUT2D eigenvalue weighted by atomic mass is 9.95. The summed E-state index contributed by atoms with van der Waals surface area (Å²) in [6.45, 7) is 1.86. The van der Waals surface area contributed by atoms with E-state index >= 15 is 0 Å². The average molecular weight is 340 g/mol. The molecule has 0 saturated carbocycles. The van der Waals surface area contributed by atoms with Gasteiger partial charge in [-0.15, -0.1) is 0 Å². The number of likely N-dealkylation sites (tertiary alicyclic amines) is 1. The van der Waals surface area contributed by atoms with Crippen LogP contribution in [0.3, 0.4) is 0 Å². The van der Waals surface area contributed by atoms with Crippen molar-refractivity contribution >= 4 is 17.8 Å². The van der Waals surface area contributed by atoms with Gasteiger partial charge in [0.1, 0.15) is 17.7 Å². The summed E-state index contributed by atoms with van der Waals surface area (Å²) in [5.74, 6) is -4.12. The minimum Gasteiger partial charge on any atom is -0.480 e. The summed E-state index contributed by atoms with van der Waals surface area (Å²) >= 11 is 0. The maximum absolute atomic E-state index is 13.7. The summed E-state index contributed by atoms with van der Waals surface area (Å²) in [6.07, 6.45) is 0.708. The molecule has 0 aliphatic carbocycles. The molecule has 6 nitrogen and oxygen atoms in total. The van der Waals surface area contributed by atoms with Gasteiger partial charge < -0.3 is 15.3 Å². The lowest BCUT2D eigenvalue weighted by Crippen LogP contribution is -2.46. The molecule has 8 heteroatoms. The summed E-state index contributed by atoms with van der Waals surface area (Å²) < 4.78 is 26.6. The van der Waals surface area contributed by atoms with E-state index in [4.69, 9.17) is 5.11 Å². The van der Waals surface area contributed by atoms with Gasteiger partial charge in [0.2, 0.25) is 5.91 Å². The number of hydrogen-bond acceptors (Lipinski definition) is 3. The topological polar surface area (TPSA) is 86.7 Å². The van der Waals surface area contributed by atoms with Crippen molar-refractivity contribution in [2.24, 2.45) is 5.92 Å². The highest BCUT2D eigenvalue weighted by atomic mass is 19.1. The largest absolute Gasteiger partial charge is 0.480 e. The van der Waals surface area contributed by atoms with Crippen LogP contribution in [0.4, 0.5) is 8.78 Å². The van der Waals surface area contributed by atoms with Crippen molar-refractivity contribution in [3.63, 3.8) is 0 Å². The van der Waals surface area contributed by atoms with E-state index in [1.807, 2.05) is 0 Å². The van der Waals surface area contributed by atoms with Gasteiger partial charge in [-0.1, -0.05) is 0 Å². The number of halogens is 2.